The molecule has 2 heterocycles. The van der Waals surface area contributed by atoms with Gasteiger partial charge in [0, 0.05) is 19.5 Å². The molecule has 0 saturated carbocycles. The topological polar surface area (TPSA) is 107 Å². The Morgan fingerprint density at radius 1 is 1.13 bits per heavy atom. The molecular formula is C24H24F5N3O5S. The van der Waals surface area contributed by atoms with Crippen LogP contribution in [0.25, 0.3) is 0 Å². The third kappa shape index (κ3) is 5.06. The van der Waals surface area contributed by atoms with Gasteiger partial charge in [-0.05, 0) is 54.3 Å². The van der Waals surface area contributed by atoms with Crippen molar-refractivity contribution >= 4 is 27.5 Å². The maximum atomic E-state index is 13.7. The number of nitrogens with one attached hydrogen (secondary N) is 1. The summed E-state index contributed by atoms with van der Waals surface area (Å²) in [4.78, 5) is 25.7. The number of rotatable bonds is 6. The second kappa shape index (κ2) is 10.1. The predicted octanol–water partition coefficient (Wildman–Crippen LogP) is 2.40. The number of aryl methyl sites for hydroxylation is 1. The van der Waals surface area contributed by atoms with Crippen LogP contribution in [0.2, 0.25) is 0 Å². The van der Waals surface area contributed by atoms with E-state index in [4.69, 9.17) is 0 Å². The largest absolute Gasteiger partial charge is 0.424 e. The van der Waals surface area contributed by atoms with Crippen LogP contribution in [0.3, 0.4) is 0 Å². The quantitative estimate of drug-likeness (QED) is 0.527. The van der Waals surface area contributed by atoms with Crippen molar-refractivity contribution < 1.29 is 45.1 Å². The first kappa shape index (κ1) is 27.8. The number of carbonyl (C=O) groups is 2. The molecule has 1 unspecified atom stereocenters. The Bertz CT molecular complexity index is 1340. The molecule has 2 aromatic rings. The average Bonchev–Trinajstić information content (AvgIpc) is 2.87. The maximum absolute atomic E-state index is 13.7. The molecule has 38 heavy (non-hydrogen) atoms. The number of hydrogen-bond donors (Lipinski definition) is 2. The number of amides is 2. The Morgan fingerprint density at radius 3 is 2.42 bits per heavy atom. The van der Waals surface area contributed by atoms with Crippen molar-refractivity contribution in [3.63, 3.8) is 0 Å². The Hall–Kier alpha value is -3.26. The minimum atomic E-state index is -5.33. The highest BCUT2D eigenvalue weighted by molar-refractivity contribution is 7.92. The first-order chi connectivity index (χ1) is 17.8. The van der Waals surface area contributed by atoms with Crippen molar-refractivity contribution in [1.29, 1.82) is 0 Å². The normalized spacial score (nSPS) is 19.9. The second-order valence-electron chi connectivity index (χ2n) is 9.15. The van der Waals surface area contributed by atoms with E-state index in [1.165, 1.54) is 4.90 Å². The van der Waals surface area contributed by atoms with Gasteiger partial charge in [0.1, 0.15) is 12.5 Å². The lowest BCUT2D eigenvalue weighted by Crippen LogP contribution is -2.52. The highest BCUT2D eigenvalue weighted by Gasteiger charge is 2.55. The average molecular weight is 562 g/mol. The van der Waals surface area contributed by atoms with Crippen LogP contribution in [0.4, 0.5) is 27.6 Å². The number of fused-ring (bicyclic) bond motifs is 1. The van der Waals surface area contributed by atoms with E-state index in [2.05, 4.69) is 5.32 Å². The molecule has 1 saturated heterocycles. The van der Waals surface area contributed by atoms with Gasteiger partial charge in [0.25, 0.3) is 10.0 Å². The van der Waals surface area contributed by atoms with Gasteiger partial charge in [0.15, 0.2) is 0 Å². The molecule has 0 spiro atoms. The zero-order chi connectivity index (χ0) is 27.9. The van der Waals surface area contributed by atoms with Gasteiger partial charge in [-0.25, -0.2) is 17.2 Å². The number of hydrogen-bond acceptors (Lipinski definition) is 5. The molecule has 1 fully saturated rings. The molecule has 2 aliphatic heterocycles. The number of sulfonamides is 1. The smallest absolute Gasteiger partial charge is 0.374 e. The molecule has 4 rings (SSSR count). The molecule has 8 nitrogen and oxygen atoms in total. The van der Waals surface area contributed by atoms with Gasteiger partial charge >= 0.3 is 6.18 Å². The van der Waals surface area contributed by atoms with Crippen LogP contribution in [-0.2, 0) is 31.6 Å². The molecule has 14 heteroatoms. The van der Waals surface area contributed by atoms with E-state index >= 15 is 0 Å². The molecule has 2 aliphatic rings. The van der Waals surface area contributed by atoms with Gasteiger partial charge < -0.3 is 15.3 Å². The van der Waals surface area contributed by atoms with E-state index in [0.29, 0.717) is 0 Å². The van der Waals surface area contributed by atoms with Crippen molar-refractivity contribution in [3.8, 4) is 0 Å². The minimum absolute atomic E-state index is 0.00270. The number of benzene rings is 2. The zero-order valence-electron chi connectivity index (χ0n) is 19.8. The Labute approximate surface area is 215 Å². The van der Waals surface area contributed by atoms with Crippen LogP contribution < -0.4 is 9.62 Å². The van der Waals surface area contributed by atoms with E-state index < -0.39 is 51.8 Å². The van der Waals surface area contributed by atoms with Crippen molar-refractivity contribution in [2.45, 2.75) is 42.0 Å². The summed E-state index contributed by atoms with van der Waals surface area (Å²) in [5.41, 5.74) is -4.55. The number of anilines is 1. The second-order valence-corrected chi connectivity index (χ2v) is 11.0. The zero-order valence-corrected chi connectivity index (χ0v) is 20.7. The van der Waals surface area contributed by atoms with Crippen molar-refractivity contribution in [2.24, 2.45) is 0 Å². The molecule has 2 aromatic carbocycles. The summed E-state index contributed by atoms with van der Waals surface area (Å²) in [6, 6.07) is 5.64. The van der Waals surface area contributed by atoms with Crippen molar-refractivity contribution in [1.82, 2.24) is 10.2 Å². The monoisotopic (exact) mass is 561 g/mol. The number of carbonyl (C=O) groups excluding carboxylic acids is 2. The number of halogens is 5. The summed E-state index contributed by atoms with van der Waals surface area (Å²) in [5.74, 6) is -1.56. The predicted molar refractivity (Wildman–Crippen MR) is 125 cm³/mol. The fraction of sp³-hybridized carbons (Fsp3) is 0.417. The summed E-state index contributed by atoms with van der Waals surface area (Å²) in [6.45, 7) is -1.89. The van der Waals surface area contributed by atoms with E-state index in [1.807, 2.05) is 0 Å². The summed E-state index contributed by atoms with van der Waals surface area (Å²) in [6.07, 6.45) is -5.63. The molecule has 0 aliphatic carbocycles. The number of piperazine rings is 1. The highest BCUT2D eigenvalue weighted by Crippen LogP contribution is 2.43. The Morgan fingerprint density at radius 2 is 1.82 bits per heavy atom. The summed E-state index contributed by atoms with van der Waals surface area (Å²) < 4.78 is 95.6. The number of aliphatic hydroxyl groups is 1. The van der Waals surface area contributed by atoms with Gasteiger partial charge in [-0.2, -0.15) is 13.2 Å². The van der Waals surface area contributed by atoms with Gasteiger partial charge in [-0.3, -0.25) is 13.9 Å². The van der Waals surface area contributed by atoms with Crippen LogP contribution >= 0.6 is 0 Å². The Balaban J connectivity index is 1.76. The minimum Gasteiger partial charge on any atom is -0.374 e. The summed E-state index contributed by atoms with van der Waals surface area (Å²) in [5, 5.41) is 12.6. The summed E-state index contributed by atoms with van der Waals surface area (Å²) in [7, 11) is -4.45. The SMILES string of the molecule is O=C1CN(C(=O)C[C@@H]2CCc3cc(C(O)(CF)C(F)(F)F)ccc3N2S(=O)(=O)c2ccc(F)cc2)CCN1. The molecule has 2 atom stereocenters. The first-order valence-corrected chi connectivity index (χ1v) is 13.0. The van der Waals surface area contributed by atoms with E-state index in [9.17, 15) is 45.1 Å². The molecule has 2 amide bonds. The molecular weight excluding hydrogens is 537 g/mol. The standard InChI is InChI=1S/C24H24F5N3O5S/c25-14-23(35,24(27,28)29)16-2-8-20-15(11-16)1-5-18(12-22(34)31-10-9-30-21(33)13-31)32(20)38(36,37)19-6-3-17(26)4-7-19/h2-4,6-8,11,18,35H,1,5,9-10,12-14H2,(H,30,33)/t18-,23?/m0/s1. The van der Waals surface area contributed by atoms with Crippen LogP contribution in [0.5, 0.6) is 0 Å². The van der Waals surface area contributed by atoms with Gasteiger partial charge in [0.05, 0.1) is 23.2 Å². The third-order valence-corrected chi connectivity index (χ3v) is 8.59. The third-order valence-electron chi connectivity index (χ3n) is 6.71. The lowest BCUT2D eigenvalue weighted by atomic mass is 9.88. The van der Waals surface area contributed by atoms with Gasteiger partial charge in [-0.1, -0.05) is 12.1 Å². The highest BCUT2D eigenvalue weighted by atomic mass is 32.2. The molecule has 206 valence electrons. The summed E-state index contributed by atoms with van der Waals surface area (Å²) >= 11 is 0. The number of alkyl halides is 4. The van der Waals surface area contributed by atoms with Gasteiger partial charge in [-0.15, -0.1) is 0 Å². The van der Waals surface area contributed by atoms with E-state index in [-0.39, 0.29) is 61.0 Å². The molecule has 0 radical (unpaired) electrons. The van der Waals surface area contributed by atoms with Crippen LogP contribution in [0.15, 0.2) is 47.4 Å². The van der Waals surface area contributed by atoms with Crippen LogP contribution in [-0.4, -0.2) is 68.8 Å². The van der Waals surface area contributed by atoms with Gasteiger partial charge in [0.2, 0.25) is 17.4 Å². The van der Waals surface area contributed by atoms with E-state index in [0.717, 1.165) is 46.8 Å². The van der Waals surface area contributed by atoms with E-state index in [1.54, 1.807) is 0 Å². The van der Waals surface area contributed by atoms with Crippen LogP contribution in [0, 0.1) is 5.82 Å². The van der Waals surface area contributed by atoms with Crippen molar-refractivity contribution in [2.75, 3.05) is 30.6 Å². The van der Waals surface area contributed by atoms with Crippen LogP contribution in [0.1, 0.15) is 24.0 Å². The maximum Gasteiger partial charge on any atom is 0.424 e. The number of nitrogens with zero attached hydrogens (tertiary/aromatic N) is 2. The lowest BCUT2D eigenvalue weighted by molar-refractivity contribution is -0.271. The van der Waals surface area contributed by atoms with Crippen molar-refractivity contribution in [3.05, 3.63) is 59.4 Å². The lowest BCUT2D eigenvalue weighted by Gasteiger charge is -2.39. The first-order valence-electron chi connectivity index (χ1n) is 11.6. The molecule has 2 N–H and O–H groups in total. The Kier molecular flexibility index (Phi) is 7.40. The molecule has 0 bridgehead atoms. The fourth-order valence-electron chi connectivity index (χ4n) is 4.62. The fourth-order valence-corrected chi connectivity index (χ4v) is 6.34. The molecule has 0 aromatic heterocycles.